The third-order valence-electron chi connectivity index (χ3n) is 4.33. The summed E-state index contributed by atoms with van der Waals surface area (Å²) in [6, 6.07) is 7.33. The summed E-state index contributed by atoms with van der Waals surface area (Å²) in [6.07, 6.45) is 0.330. The van der Waals surface area contributed by atoms with Crippen molar-refractivity contribution in [1.29, 1.82) is 0 Å². The SMILES string of the molecule is Cc1n[nH]nc1C(=O)Nc1cccc(CC(=O)N2CCN(C)CC2)c1. The van der Waals surface area contributed by atoms with Gasteiger partial charge in [0.1, 0.15) is 0 Å². The molecule has 1 aromatic heterocycles. The van der Waals surface area contributed by atoms with Crippen molar-refractivity contribution in [2.75, 3.05) is 38.5 Å². The Bertz CT molecular complexity index is 764. The van der Waals surface area contributed by atoms with E-state index in [1.807, 2.05) is 23.1 Å². The van der Waals surface area contributed by atoms with Crippen molar-refractivity contribution in [1.82, 2.24) is 25.2 Å². The first-order valence-corrected chi connectivity index (χ1v) is 8.27. The van der Waals surface area contributed by atoms with Gasteiger partial charge in [-0.3, -0.25) is 9.59 Å². The van der Waals surface area contributed by atoms with Crippen LogP contribution in [0.5, 0.6) is 0 Å². The smallest absolute Gasteiger partial charge is 0.278 e. The lowest BCUT2D eigenvalue weighted by Gasteiger charge is -2.32. The van der Waals surface area contributed by atoms with Gasteiger partial charge in [0, 0.05) is 31.9 Å². The molecule has 0 bridgehead atoms. The summed E-state index contributed by atoms with van der Waals surface area (Å²) < 4.78 is 0. The molecular formula is C17H22N6O2. The zero-order valence-corrected chi connectivity index (χ0v) is 14.5. The lowest BCUT2D eigenvalue weighted by Crippen LogP contribution is -2.47. The van der Waals surface area contributed by atoms with Crippen molar-refractivity contribution in [2.24, 2.45) is 0 Å². The van der Waals surface area contributed by atoms with E-state index in [0.717, 1.165) is 31.7 Å². The number of likely N-dealkylation sites (N-methyl/N-ethyl adjacent to an activating group) is 1. The highest BCUT2D eigenvalue weighted by molar-refractivity contribution is 6.03. The lowest BCUT2D eigenvalue weighted by molar-refractivity contribution is -0.132. The largest absolute Gasteiger partial charge is 0.340 e. The average Bonchev–Trinajstić information content (AvgIpc) is 3.02. The monoisotopic (exact) mass is 342 g/mol. The molecule has 2 N–H and O–H groups in total. The highest BCUT2D eigenvalue weighted by Crippen LogP contribution is 2.14. The number of carbonyl (C=O) groups is 2. The molecule has 1 saturated heterocycles. The Morgan fingerprint density at radius 1 is 1.20 bits per heavy atom. The average molecular weight is 342 g/mol. The number of piperazine rings is 1. The second-order valence-electron chi connectivity index (χ2n) is 6.27. The zero-order valence-electron chi connectivity index (χ0n) is 14.5. The fourth-order valence-electron chi connectivity index (χ4n) is 2.79. The number of nitrogens with zero attached hydrogens (tertiary/aromatic N) is 4. The van der Waals surface area contributed by atoms with Gasteiger partial charge in [-0.05, 0) is 31.7 Å². The lowest BCUT2D eigenvalue weighted by atomic mass is 10.1. The number of nitrogens with one attached hydrogen (secondary N) is 2. The molecule has 0 unspecified atom stereocenters. The molecule has 1 aliphatic heterocycles. The van der Waals surface area contributed by atoms with Crippen molar-refractivity contribution >= 4 is 17.5 Å². The van der Waals surface area contributed by atoms with Crippen LogP contribution in [0.1, 0.15) is 21.7 Å². The van der Waals surface area contributed by atoms with Crippen LogP contribution in [0.4, 0.5) is 5.69 Å². The molecule has 0 atom stereocenters. The molecule has 3 rings (SSSR count). The molecule has 0 radical (unpaired) electrons. The molecule has 2 amide bonds. The molecular weight excluding hydrogens is 320 g/mol. The predicted octanol–water partition coefficient (Wildman–Crippen LogP) is 0.682. The number of amides is 2. The van der Waals surface area contributed by atoms with Crippen molar-refractivity contribution < 1.29 is 9.59 Å². The Balaban J connectivity index is 1.62. The first-order valence-electron chi connectivity index (χ1n) is 8.27. The van der Waals surface area contributed by atoms with Gasteiger partial charge in [0.25, 0.3) is 5.91 Å². The number of anilines is 1. The van der Waals surface area contributed by atoms with Crippen LogP contribution in [-0.4, -0.2) is 70.3 Å². The van der Waals surface area contributed by atoms with Gasteiger partial charge in [0.2, 0.25) is 5.91 Å². The van der Waals surface area contributed by atoms with E-state index in [1.165, 1.54) is 0 Å². The van der Waals surface area contributed by atoms with Crippen LogP contribution in [0.2, 0.25) is 0 Å². The number of aromatic nitrogens is 3. The highest BCUT2D eigenvalue weighted by Gasteiger charge is 2.19. The van der Waals surface area contributed by atoms with Gasteiger partial charge in [-0.25, -0.2) is 0 Å². The highest BCUT2D eigenvalue weighted by atomic mass is 16.2. The molecule has 2 aromatic rings. The van der Waals surface area contributed by atoms with E-state index in [4.69, 9.17) is 0 Å². The van der Waals surface area contributed by atoms with Crippen molar-refractivity contribution in [2.45, 2.75) is 13.3 Å². The van der Waals surface area contributed by atoms with Gasteiger partial charge < -0.3 is 15.1 Å². The summed E-state index contributed by atoms with van der Waals surface area (Å²) in [7, 11) is 2.06. The van der Waals surface area contributed by atoms with Gasteiger partial charge >= 0.3 is 0 Å². The Labute approximate surface area is 146 Å². The summed E-state index contributed by atoms with van der Waals surface area (Å²) in [5, 5.41) is 12.9. The number of carbonyl (C=O) groups excluding carboxylic acids is 2. The topological polar surface area (TPSA) is 94.2 Å². The number of rotatable bonds is 4. The third-order valence-corrected chi connectivity index (χ3v) is 4.33. The molecule has 25 heavy (non-hydrogen) atoms. The van der Waals surface area contributed by atoms with E-state index in [-0.39, 0.29) is 17.5 Å². The number of aryl methyl sites for hydroxylation is 1. The van der Waals surface area contributed by atoms with E-state index >= 15 is 0 Å². The number of hydrogen-bond donors (Lipinski definition) is 2. The van der Waals surface area contributed by atoms with Crippen molar-refractivity contribution in [3.8, 4) is 0 Å². The van der Waals surface area contributed by atoms with Crippen molar-refractivity contribution in [3.05, 3.63) is 41.2 Å². The van der Waals surface area contributed by atoms with E-state index in [2.05, 4.69) is 32.7 Å². The Morgan fingerprint density at radius 2 is 1.96 bits per heavy atom. The molecule has 1 fully saturated rings. The van der Waals surface area contributed by atoms with E-state index in [1.54, 1.807) is 13.0 Å². The third kappa shape index (κ3) is 4.21. The van der Waals surface area contributed by atoms with Crippen LogP contribution in [0.3, 0.4) is 0 Å². The summed E-state index contributed by atoms with van der Waals surface area (Å²) in [5.74, 6) is -0.210. The van der Waals surface area contributed by atoms with Crippen LogP contribution in [0.25, 0.3) is 0 Å². The summed E-state index contributed by atoms with van der Waals surface area (Å²) >= 11 is 0. The quantitative estimate of drug-likeness (QED) is 0.852. The maximum Gasteiger partial charge on any atom is 0.278 e. The maximum atomic E-state index is 12.4. The Morgan fingerprint density at radius 3 is 2.64 bits per heavy atom. The molecule has 1 aliphatic rings. The van der Waals surface area contributed by atoms with Gasteiger partial charge in [-0.2, -0.15) is 15.4 Å². The predicted molar refractivity (Wildman–Crippen MR) is 93.3 cm³/mol. The molecule has 2 heterocycles. The minimum atomic E-state index is -0.325. The van der Waals surface area contributed by atoms with Gasteiger partial charge in [0.15, 0.2) is 5.69 Å². The summed E-state index contributed by atoms with van der Waals surface area (Å²) in [6.45, 7) is 5.04. The van der Waals surface area contributed by atoms with E-state index in [9.17, 15) is 9.59 Å². The Kier molecular flexibility index (Phi) is 5.08. The van der Waals surface area contributed by atoms with Gasteiger partial charge in [-0.15, -0.1) is 0 Å². The number of aromatic amines is 1. The second-order valence-corrected chi connectivity index (χ2v) is 6.27. The molecule has 0 spiro atoms. The summed E-state index contributed by atoms with van der Waals surface area (Å²) in [4.78, 5) is 28.7. The molecule has 0 saturated carbocycles. The first-order chi connectivity index (χ1) is 12.0. The van der Waals surface area contributed by atoms with E-state index < -0.39 is 0 Å². The minimum absolute atomic E-state index is 0.115. The number of H-pyrrole nitrogens is 1. The standard InChI is InChI=1S/C17H22N6O2/c1-12-16(20-21-19-12)17(25)18-14-5-3-4-13(10-14)11-15(24)23-8-6-22(2)7-9-23/h3-5,10H,6-9,11H2,1-2H3,(H,18,25)(H,19,20,21). The van der Waals surface area contributed by atoms with Crippen molar-refractivity contribution in [3.63, 3.8) is 0 Å². The molecule has 8 nitrogen and oxygen atoms in total. The van der Waals surface area contributed by atoms with Crippen LogP contribution in [-0.2, 0) is 11.2 Å². The molecule has 132 valence electrons. The van der Waals surface area contributed by atoms with Crippen LogP contribution in [0.15, 0.2) is 24.3 Å². The molecule has 1 aromatic carbocycles. The molecule has 8 heteroatoms. The first kappa shape index (κ1) is 17.1. The van der Waals surface area contributed by atoms with E-state index in [0.29, 0.717) is 17.8 Å². The Hall–Kier alpha value is -2.74. The fourth-order valence-corrected chi connectivity index (χ4v) is 2.79. The fraction of sp³-hybridized carbons (Fsp3) is 0.412. The van der Waals surface area contributed by atoms with Gasteiger partial charge in [0.05, 0.1) is 12.1 Å². The van der Waals surface area contributed by atoms with Gasteiger partial charge in [-0.1, -0.05) is 12.1 Å². The number of benzene rings is 1. The normalized spacial score (nSPS) is 15.2. The van der Waals surface area contributed by atoms with Crippen LogP contribution < -0.4 is 5.32 Å². The van der Waals surface area contributed by atoms with Crippen LogP contribution >= 0.6 is 0 Å². The number of hydrogen-bond acceptors (Lipinski definition) is 5. The molecule has 0 aliphatic carbocycles. The summed E-state index contributed by atoms with van der Waals surface area (Å²) in [5.41, 5.74) is 2.31. The second kappa shape index (κ2) is 7.43. The maximum absolute atomic E-state index is 12.4. The minimum Gasteiger partial charge on any atom is -0.340 e. The van der Waals surface area contributed by atoms with Crippen LogP contribution in [0, 0.1) is 6.92 Å². The zero-order chi connectivity index (χ0) is 17.8.